The summed E-state index contributed by atoms with van der Waals surface area (Å²) >= 11 is 0. The summed E-state index contributed by atoms with van der Waals surface area (Å²) in [6.07, 6.45) is 5.79. The van der Waals surface area contributed by atoms with Crippen molar-refractivity contribution in [3.63, 3.8) is 0 Å². The van der Waals surface area contributed by atoms with E-state index in [9.17, 15) is 0 Å². The molecule has 0 fully saturated rings. The van der Waals surface area contributed by atoms with E-state index in [4.69, 9.17) is 9.47 Å². The Morgan fingerprint density at radius 3 is 2.25 bits per heavy atom. The smallest absolute Gasteiger partial charge is 0.161 e. The van der Waals surface area contributed by atoms with Gasteiger partial charge >= 0.3 is 0 Å². The van der Waals surface area contributed by atoms with Crippen LogP contribution in [0.2, 0.25) is 0 Å². The average molecular weight is 317 g/mol. The van der Waals surface area contributed by atoms with E-state index < -0.39 is 0 Å². The second-order valence-electron chi connectivity index (χ2n) is 5.28. The van der Waals surface area contributed by atoms with Gasteiger partial charge in [0.15, 0.2) is 11.5 Å². The zero-order chi connectivity index (χ0) is 16.8. The topological polar surface area (TPSA) is 31.4 Å². The van der Waals surface area contributed by atoms with Crippen LogP contribution in [0.15, 0.2) is 73.1 Å². The van der Waals surface area contributed by atoms with E-state index in [0.29, 0.717) is 5.75 Å². The minimum atomic E-state index is 0.713. The molecule has 0 N–H and O–H groups in total. The van der Waals surface area contributed by atoms with Gasteiger partial charge in [-0.2, -0.15) is 0 Å². The number of benzene rings is 2. The summed E-state index contributed by atoms with van der Waals surface area (Å²) in [7, 11) is 3.28. The van der Waals surface area contributed by atoms with Crippen molar-refractivity contribution >= 4 is 11.6 Å². The molecule has 0 amide bonds. The SMILES string of the molecule is COc1ccc(/C=C(/c2ccccc2)c2cccnc2)cc1OC. The standard InChI is InChI=1S/C21H19NO2/c1-23-20-11-10-16(14-21(20)24-2)13-19(17-7-4-3-5-8-17)18-9-6-12-22-15-18/h3-15H,1-2H3/b19-13-. The minimum Gasteiger partial charge on any atom is -0.493 e. The second-order valence-corrected chi connectivity index (χ2v) is 5.28. The number of rotatable bonds is 5. The molecule has 0 aliphatic carbocycles. The molecule has 0 saturated carbocycles. The van der Waals surface area contributed by atoms with Crippen molar-refractivity contribution < 1.29 is 9.47 Å². The molecular formula is C21H19NO2. The van der Waals surface area contributed by atoms with Crippen molar-refractivity contribution in [3.05, 3.63) is 89.7 Å². The summed E-state index contributed by atoms with van der Waals surface area (Å²) in [4.78, 5) is 4.25. The lowest BCUT2D eigenvalue weighted by Crippen LogP contribution is -1.92. The Hall–Kier alpha value is -3.07. The molecule has 0 unspecified atom stereocenters. The summed E-state index contributed by atoms with van der Waals surface area (Å²) in [6, 6.07) is 20.2. The molecule has 0 aliphatic heterocycles. The number of methoxy groups -OCH3 is 2. The molecule has 24 heavy (non-hydrogen) atoms. The van der Waals surface area contributed by atoms with Crippen LogP contribution in [-0.2, 0) is 0 Å². The monoisotopic (exact) mass is 317 g/mol. The van der Waals surface area contributed by atoms with Gasteiger partial charge in [-0.25, -0.2) is 0 Å². The minimum absolute atomic E-state index is 0.713. The molecule has 0 spiro atoms. The molecule has 1 heterocycles. The van der Waals surface area contributed by atoms with Crippen LogP contribution < -0.4 is 9.47 Å². The molecule has 120 valence electrons. The molecule has 2 aromatic carbocycles. The fraction of sp³-hybridized carbons (Fsp3) is 0.0952. The lowest BCUT2D eigenvalue weighted by atomic mass is 9.97. The van der Waals surface area contributed by atoms with Gasteiger partial charge in [0.05, 0.1) is 14.2 Å². The number of hydrogen-bond acceptors (Lipinski definition) is 3. The predicted molar refractivity (Wildman–Crippen MR) is 97.2 cm³/mol. The van der Waals surface area contributed by atoms with Crippen LogP contribution in [0.25, 0.3) is 11.6 Å². The summed E-state index contributed by atoms with van der Waals surface area (Å²) in [5, 5.41) is 0. The average Bonchev–Trinajstić information content (AvgIpc) is 2.67. The Morgan fingerprint density at radius 2 is 1.58 bits per heavy atom. The number of pyridine rings is 1. The number of ether oxygens (including phenoxy) is 2. The van der Waals surface area contributed by atoms with Crippen LogP contribution in [-0.4, -0.2) is 19.2 Å². The van der Waals surface area contributed by atoms with Crippen molar-refractivity contribution in [1.82, 2.24) is 4.98 Å². The Morgan fingerprint density at radius 1 is 0.833 bits per heavy atom. The molecule has 0 saturated heterocycles. The van der Waals surface area contributed by atoms with E-state index in [1.165, 1.54) is 0 Å². The number of hydrogen-bond donors (Lipinski definition) is 0. The third-order valence-electron chi connectivity index (χ3n) is 3.78. The summed E-state index contributed by atoms with van der Waals surface area (Å²) in [5.41, 5.74) is 4.35. The van der Waals surface area contributed by atoms with Gasteiger partial charge in [-0.15, -0.1) is 0 Å². The predicted octanol–water partition coefficient (Wildman–Crippen LogP) is 4.69. The van der Waals surface area contributed by atoms with Crippen LogP contribution in [0, 0.1) is 0 Å². The first-order valence-electron chi connectivity index (χ1n) is 7.71. The summed E-state index contributed by atoms with van der Waals surface area (Å²) in [5.74, 6) is 1.43. The summed E-state index contributed by atoms with van der Waals surface area (Å²) < 4.78 is 10.7. The first-order valence-corrected chi connectivity index (χ1v) is 7.71. The van der Waals surface area contributed by atoms with E-state index >= 15 is 0 Å². The number of aromatic nitrogens is 1. The largest absolute Gasteiger partial charge is 0.493 e. The Bertz CT molecular complexity index is 785. The van der Waals surface area contributed by atoms with Crippen LogP contribution >= 0.6 is 0 Å². The van der Waals surface area contributed by atoms with Gasteiger partial charge in [0.1, 0.15) is 0 Å². The lowest BCUT2D eigenvalue weighted by Gasteiger charge is -2.11. The molecule has 3 aromatic rings. The van der Waals surface area contributed by atoms with Gasteiger partial charge in [-0.05, 0) is 41.0 Å². The first kappa shape index (κ1) is 15.8. The molecule has 0 radical (unpaired) electrons. The van der Waals surface area contributed by atoms with Crippen molar-refractivity contribution in [3.8, 4) is 11.5 Å². The third-order valence-corrected chi connectivity index (χ3v) is 3.78. The molecule has 0 atom stereocenters. The van der Waals surface area contributed by atoms with E-state index in [2.05, 4.69) is 29.3 Å². The van der Waals surface area contributed by atoms with Gasteiger partial charge in [-0.1, -0.05) is 42.5 Å². The Labute approximate surface area is 142 Å². The molecule has 0 bridgehead atoms. The van der Waals surface area contributed by atoms with Crippen LogP contribution in [0.4, 0.5) is 0 Å². The van der Waals surface area contributed by atoms with Gasteiger partial charge in [-0.3, -0.25) is 4.98 Å². The summed E-state index contributed by atoms with van der Waals surface area (Å²) in [6.45, 7) is 0. The Balaban J connectivity index is 2.11. The van der Waals surface area contributed by atoms with E-state index in [1.807, 2.05) is 48.7 Å². The highest BCUT2D eigenvalue weighted by atomic mass is 16.5. The highest BCUT2D eigenvalue weighted by Crippen LogP contribution is 2.31. The fourth-order valence-electron chi connectivity index (χ4n) is 2.58. The van der Waals surface area contributed by atoms with Crippen molar-refractivity contribution in [2.24, 2.45) is 0 Å². The zero-order valence-corrected chi connectivity index (χ0v) is 13.8. The van der Waals surface area contributed by atoms with Crippen molar-refractivity contribution in [2.45, 2.75) is 0 Å². The normalized spacial score (nSPS) is 11.2. The molecular weight excluding hydrogens is 298 g/mol. The lowest BCUT2D eigenvalue weighted by molar-refractivity contribution is 0.355. The van der Waals surface area contributed by atoms with Gasteiger partial charge < -0.3 is 9.47 Å². The molecule has 3 nitrogen and oxygen atoms in total. The van der Waals surface area contributed by atoms with Gasteiger partial charge in [0.2, 0.25) is 0 Å². The zero-order valence-electron chi connectivity index (χ0n) is 13.8. The highest BCUT2D eigenvalue weighted by molar-refractivity contribution is 5.91. The van der Waals surface area contributed by atoms with Crippen molar-refractivity contribution in [1.29, 1.82) is 0 Å². The molecule has 1 aromatic heterocycles. The van der Waals surface area contributed by atoms with Crippen LogP contribution in [0.1, 0.15) is 16.7 Å². The molecule has 3 rings (SSSR count). The van der Waals surface area contributed by atoms with E-state index in [0.717, 1.165) is 28.0 Å². The molecule has 0 aliphatic rings. The molecule has 3 heteroatoms. The quantitative estimate of drug-likeness (QED) is 0.640. The number of nitrogens with zero attached hydrogens (tertiary/aromatic N) is 1. The third kappa shape index (κ3) is 3.46. The second kappa shape index (κ2) is 7.47. The van der Waals surface area contributed by atoms with Crippen LogP contribution in [0.5, 0.6) is 11.5 Å². The van der Waals surface area contributed by atoms with Gasteiger partial charge in [0.25, 0.3) is 0 Å². The Kier molecular flexibility index (Phi) is 4.92. The van der Waals surface area contributed by atoms with Gasteiger partial charge in [0, 0.05) is 18.0 Å². The van der Waals surface area contributed by atoms with E-state index in [-0.39, 0.29) is 0 Å². The van der Waals surface area contributed by atoms with Crippen LogP contribution in [0.3, 0.4) is 0 Å². The fourth-order valence-corrected chi connectivity index (χ4v) is 2.58. The van der Waals surface area contributed by atoms with E-state index in [1.54, 1.807) is 20.4 Å². The maximum absolute atomic E-state index is 5.40. The maximum atomic E-state index is 5.40. The first-order chi connectivity index (χ1) is 11.8. The maximum Gasteiger partial charge on any atom is 0.161 e. The highest BCUT2D eigenvalue weighted by Gasteiger charge is 2.08. The van der Waals surface area contributed by atoms with Crippen molar-refractivity contribution in [2.75, 3.05) is 14.2 Å².